The molecule has 0 radical (unpaired) electrons. The number of anilines is 1. The van der Waals surface area contributed by atoms with E-state index in [4.69, 9.17) is 10.00 Å². The first kappa shape index (κ1) is 19.1. The van der Waals surface area contributed by atoms with Gasteiger partial charge in [-0.1, -0.05) is 18.2 Å². The van der Waals surface area contributed by atoms with Crippen LogP contribution >= 0.6 is 0 Å². The highest BCUT2D eigenvalue weighted by molar-refractivity contribution is 7.90. The summed E-state index contributed by atoms with van der Waals surface area (Å²) >= 11 is 0. The van der Waals surface area contributed by atoms with Crippen LogP contribution in [0.15, 0.2) is 53.4 Å². The number of rotatable bonds is 5. The first-order valence-electron chi connectivity index (χ1n) is 7.53. The molecule has 2 aromatic rings. The number of nitrogens with one attached hydrogen (secondary N) is 1. The minimum Gasteiger partial charge on any atom is -0.449 e. The molecule has 8 heteroatoms. The van der Waals surface area contributed by atoms with Gasteiger partial charge in [-0.05, 0) is 37.3 Å². The predicted octanol–water partition coefficient (Wildman–Crippen LogP) is 2.15. The van der Waals surface area contributed by atoms with Gasteiger partial charge in [0, 0.05) is 6.26 Å². The van der Waals surface area contributed by atoms with E-state index in [1.54, 1.807) is 24.3 Å². The van der Waals surface area contributed by atoms with Crippen LogP contribution in [0.1, 0.15) is 22.8 Å². The van der Waals surface area contributed by atoms with E-state index >= 15 is 0 Å². The fourth-order valence-electron chi connectivity index (χ4n) is 2.06. The van der Waals surface area contributed by atoms with Gasteiger partial charge in [0.05, 0.1) is 21.7 Å². The maximum Gasteiger partial charge on any atom is 0.338 e. The second kappa shape index (κ2) is 7.80. The number of carbonyl (C=O) groups excluding carboxylic acids is 2. The van der Waals surface area contributed by atoms with Crippen molar-refractivity contribution in [1.82, 2.24) is 0 Å². The van der Waals surface area contributed by atoms with E-state index in [1.807, 2.05) is 6.07 Å². The molecule has 0 aliphatic carbocycles. The quantitative estimate of drug-likeness (QED) is 0.805. The third-order valence-corrected chi connectivity index (χ3v) is 4.57. The first-order chi connectivity index (χ1) is 12.2. The number of benzene rings is 2. The molecular weight excluding hydrogens is 356 g/mol. The molecule has 0 saturated carbocycles. The summed E-state index contributed by atoms with van der Waals surface area (Å²) in [4.78, 5) is 24.3. The molecule has 0 saturated heterocycles. The summed E-state index contributed by atoms with van der Waals surface area (Å²) < 4.78 is 28.2. The van der Waals surface area contributed by atoms with E-state index in [0.29, 0.717) is 5.69 Å². The third kappa shape index (κ3) is 4.68. The molecule has 0 fully saturated rings. The van der Waals surface area contributed by atoms with Crippen molar-refractivity contribution in [2.75, 3.05) is 11.6 Å². The van der Waals surface area contributed by atoms with Gasteiger partial charge in [-0.15, -0.1) is 0 Å². The van der Waals surface area contributed by atoms with E-state index in [-0.39, 0.29) is 16.0 Å². The van der Waals surface area contributed by atoms with E-state index < -0.39 is 27.8 Å². The van der Waals surface area contributed by atoms with Crippen LogP contribution < -0.4 is 5.32 Å². The molecule has 26 heavy (non-hydrogen) atoms. The van der Waals surface area contributed by atoms with Crippen LogP contribution in [0.25, 0.3) is 0 Å². The summed E-state index contributed by atoms with van der Waals surface area (Å²) in [7, 11) is -3.47. The van der Waals surface area contributed by atoms with Crippen molar-refractivity contribution in [3.8, 4) is 6.07 Å². The maximum atomic E-state index is 12.2. The minimum atomic E-state index is -3.47. The molecule has 2 rings (SSSR count). The van der Waals surface area contributed by atoms with Gasteiger partial charge in [0.15, 0.2) is 15.9 Å². The number of amides is 1. The smallest absolute Gasteiger partial charge is 0.338 e. The molecule has 0 spiro atoms. The average molecular weight is 372 g/mol. The fourth-order valence-corrected chi connectivity index (χ4v) is 2.73. The van der Waals surface area contributed by atoms with E-state index in [0.717, 1.165) is 6.26 Å². The predicted molar refractivity (Wildman–Crippen MR) is 94.2 cm³/mol. The van der Waals surface area contributed by atoms with E-state index in [9.17, 15) is 18.0 Å². The van der Waals surface area contributed by atoms with Gasteiger partial charge in [-0.25, -0.2) is 13.2 Å². The Hall–Kier alpha value is -3.18. The normalized spacial score (nSPS) is 11.9. The Morgan fingerprint density at radius 3 is 2.50 bits per heavy atom. The molecule has 7 nitrogen and oxygen atoms in total. The molecule has 2 aromatic carbocycles. The van der Waals surface area contributed by atoms with Gasteiger partial charge in [-0.3, -0.25) is 4.79 Å². The largest absolute Gasteiger partial charge is 0.449 e. The molecule has 1 amide bonds. The maximum absolute atomic E-state index is 12.2. The van der Waals surface area contributed by atoms with Crippen molar-refractivity contribution in [2.24, 2.45) is 0 Å². The minimum absolute atomic E-state index is 0.0185. The zero-order valence-electron chi connectivity index (χ0n) is 14.1. The van der Waals surface area contributed by atoms with Crippen LogP contribution in [0.3, 0.4) is 0 Å². The van der Waals surface area contributed by atoms with E-state index in [1.165, 1.54) is 31.2 Å². The van der Waals surface area contributed by atoms with Gasteiger partial charge in [0.25, 0.3) is 5.91 Å². The van der Waals surface area contributed by atoms with Crippen molar-refractivity contribution in [2.45, 2.75) is 17.9 Å². The zero-order valence-corrected chi connectivity index (χ0v) is 14.9. The molecule has 0 aromatic heterocycles. The van der Waals surface area contributed by atoms with Gasteiger partial charge >= 0.3 is 5.97 Å². The molecule has 0 unspecified atom stereocenters. The lowest BCUT2D eigenvalue weighted by molar-refractivity contribution is -0.123. The Morgan fingerprint density at radius 2 is 1.85 bits per heavy atom. The molecule has 1 atom stereocenters. The molecule has 1 N–H and O–H groups in total. The Labute approximate surface area is 151 Å². The van der Waals surface area contributed by atoms with E-state index in [2.05, 4.69) is 5.32 Å². The molecule has 0 aliphatic rings. The molecule has 134 valence electrons. The fraction of sp³-hybridized carbons (Fsp3) is 0.167. The monoisotopic (exact) mass is 372 g/mol. The van der Waals surface area contributed by atoms with Gasteiger partial charge < -0.3 is 10.1 Å². The Morgan fingerprint density at radius 1 is 1.15 bits per heavy atom. The van der Waals surface area contributed by atoms with Crippen molar-refractivity contribution in [1.29, 1.82) is 5.26 Å². The van der Waals surface area contributed by atoms with Gasteiger partial charge in [0.1, 0.15) is 6.07 Å². The van der Waals surface area contributed by atoms with Crippen molar-refractivity contribution >= 4 is 27.4 Å². The average Bonchev–Trinajstić information content (AvgIpc) is 2.61. The van der Waals surface area contributed by atoms with Gasteiger partial charge in [-0.2, -0.15) is 5.26 Å². The number of hydrogen-bond acceptors (Lipinski definition) is 6. The summed E-state index contributed by atoms with van der Waals surface area (Å²) in [5, 5.41) is 11.5. The Kier molecular flexibility index (Phi) is 5.75. The van der Waals surface area contributed by atoms with Gasteiger partial charge in [0.2, 0.25) is 0 Å². The van der Waals surface area contributed by atoms with Crippen LogP contribution in [0.2, 0.25) is 0 Å². The van der Waals surface area contributed by atoms with Crippen LogP contribution in [0.4, 0.5) is 5.69 Å². The first-order valence-corrected chi connectivity index (χ1v) is 9.42. The number of para-hydroxylation sites is 1. The molecule has 0 heterocycles. The second-order valence-electron chi connectivity index (χ2n) is 5.49. The number of nitriles is 1. The summed E-state index contributed by atoms with van der Waals surface area (Å²) in [5.41, 5.74) is 0.604. The number of hydrogen-bond donors (Lipinski definition) is 1. The number of esters is 1. The summed E-state index contributed by atoms with van der Waals surface area (Å²) in [6, 6.07) is 13.7. The molecule has 0 bridgehead atoms. The lowest BCUT2D eigenvalue weighted by Crippen LogP contribution is -2.30. The molecular formula is C18H16N2O5S. The third-order valence-electron chi connectivity index (χ3n) is 3.46. The topological polar surface area (TPSA) is 113 Å². The van der Waals surface area contributed by atoms with Crippen LogP contribution in [-0.4, -0.2) is 32.7 Å². The highest BCUT2D eigenvalue weighted by Gasteiger charge is 2.21. The zero-order chi connectivity index (χ0) is 19.3. The summed E-state index contributed by atoms with van der Waals surface area (Å²) in [5.74, 6) is -1.44. The van der Waals surface area contributed by atoms with Crippen molar-refractivity contribution in [3.05, 3.63) is 59.7 Å². The number of nitrogens with zero attached hydrogens (tertiary/aromatic N) is 1. The highest BCUT2D eigenvalue weighted by Crippen LogP contribution is 2.16. The van der Waals surface area contributed by atoms with Crippen molar-refractivity contribution in [3.63, 3.8) is 0 Å². The van der Waals surface area contributed by atoms with Crippen LogP contribution in [0.5, 0.6) is 0 Å². The second-order valence-corrected chi connectivity index (χ2v) is 7.51. The number of sulfone groups is 1. The van der Waals surface area contributed by atoms with Crippen LogP contribution in [0, 0.1) is 11.3 Å². The Balaban J connectivity index is 2.09. The summed E-state index contributed by atoms with van der Waals surface area (Å²) in [6.07, 6.45) is -0.115. The highest BCUT2D eigenvalue weighted by atomic mass is 32.2. The number of ether oxygens (including phenoxy) is 1. The number of carbonyl (C=O) groups is 2. The van der Waals surface area contributed by atoms with Crippen molar-refractivity contribution < 1.29 is 22.7 Å². The standard InChI is InChI=1S/C18H16N2O5S/c1-12(17(21)20-16-9-4-3-6-14(16)11-19)25-18(22)13-7-5-8-15(10-13)26(2,23)24/h3-10,12H,1-2H3,(H,20,21)/t12-/m0/s1. The van der Waals surface area contributed by atoms with Crippen LogP contribution in [-0.2, 0) is 19.4 Å². The summed E-state index contributed by atoms with van der Waals surface area (Å²) in [6.45, 7) is 1.38. The lowest BCUT2D eigenvalue weighted by atomic mass is 10.2. The Bertz CT molecular complexity index is 993. The molecule has 0 aliphatic heterocycles. The lowest BCUT2D eigenvalue weighted by Gasteiger charge is -2.14. The SMILES string of the molecule is C[C@H](OC(=O)c1cccc(S(C)(=O)=O)c1)C(=O)Nc1ccccc1C#N.